The number of benzene rings is 2. The van der Waals surface area contributed by atoms with Crippen LogP contribution < -0.4 is 15.5 Å². The third-order valence-corrected chi connectivity index (χ3v) is 19.4. The molecule has 494 valence electrons. The minimum absolute atomic E-state index is 0.0219. The summed E-state index contributed by atoms with van der Waals surface area (Å²) in [4.78, 5) is 64.4. The predicted molar refractivity (Wildman–Crippen MR) is 339 cm³/mol. The number of esters is 2. The van der Waals surface area contributed by atoms with Crippen molar-refractivity contribution in [1.29, 1.82) is 0 Å². The normalized spacial score (nSPS) is 35.1. The number of nitrogens with one attached hydrogen (secondary N) is 2. The molecule has 0 saturated carbocycles. The van der Waals surface area contributed by atoms with E-state index in [2.05, 4.69) is 42.3 Å². The third kappa shape index (κ3) is 15.8. The Morgan fingerprint density at radius 3 is 2.28 bits per heavy atom. The van der Waals surface area contributed by atoms with Crippen molar-refractivity contribution in [3.05, 3.63) is 90.4 Å². The maximum atomic E-state index is 14.7. The van der Waals surface area contributed by atoms with Crippen molar-refractivity contribution in [3.63, 3.8) is 0 Å². The van der Waals surface area contributed by atoms with Crippen LogP contribution in [0.3, 0.4) is 0 Å². The first-order chi connectivity index (χ1) is 42.7. The lowest BCUT2D eigenvalue weighted by molar-refractivity contribution is -0.311. The van der Waals surface area contributed by atoms with E-state index in [0.717, 1.165) is 28.2 Å². The minimum atomic E-state index is -1.83. The molecule has 1 amide bonds. The quantitative estimate of drug-likeness (QED) is 0.0596. The molecule has 0 bridgehead atoms. The van der Waals surface area contributed by atoms with Gasteiger partial charge in [0.25, 0.3) is 5.91 Å². The van der Waals surface area contributed by atoms with Crippen molar-refractivity contribution in [3.8, 4) is 11.3 Å². The molecule has 5 aliphatic heterocycles. The highest BCUT2D eigenvalue weighted by molar-refractivity contribution is 6.04. The molecular formula is C67H97N9O14. The van der Waals surface area contributed by atoms with E-state index in [4.69, 9.17) is 37.9 Å². The molecule has 1 spiro atoms. The van der Waals surface area contributed by atoms with E-state index in [9.17, 15) is 29.7 Å². The van der Waals surface area contributed by atoms with Crippen LogP contribution in [0.2, 0.25) is 0 Å². The smallest absolute Gasteiger partial charge is 0.320 e. The summed E-state index contributed by atoms with van der Waals surface area (Å²) in [6.45, 7) is 21.6. The van der Waals surface area contributed by atoms with Gasteiger partial charge in [-0.2, -0.15) is 0 Å². The number of methoxy groups -OCH3 is 1. The molecule has 90 heavy (non-hydrogen) atoms. The zero-order valence-corrected chi connectivity index (χ0v) is 54.9. The summed E-state index contributed by atoms with van der Waals surface area (Å²) in [5, 5.41) is 41.4. The molecule has 5 aliphatic rings. The van der Waals surface area contributed by atoms with Crippen molar-refractivity contribution >= 4 is 40.9 Å². The van der Waals surface area contributed by atoms with Crippen molar-refractivity contribution in [2.75, 3.05) is 89.7 Å². The summed E-state index contributed by atoms with van der Waals surface area (Å²) in [5.41, 5.74) is 1.54. The summed E-state index contributed by atoms with van der Waals surface area (Å²) in [5.74, 6) is -2.67. The molecule has 4 aromatic rings. The number of carbonyl (C=O) groups is 3. The average Bonchev–Trinajstić information content (AvgIpc) is 1.58. The van der Waals surface area contributed by atoms with Crippen molar-refractivity contribution in [2.45, 2.75) is 185 Å². The standard InChI is InChI=1S/C67H97N9O14/c1-15-53-66(10,82)58(78)44(7)74(13)36-39(2)33-67(38-84-67)60(42(5)56(43(6)62(81)87-53)89-55-34-65(9,83-14)59(79)45(8)86-55)90-63-57(52(73(11)12)31-41(4)85-63)88-54(77)37-75-27-29-76(30-28-75)49-22-19-46(20-23-49)61(80)70-48-21-18-40(3)51(32-48)72-64-69-26-24-50(71-64)47-17-16-25-68-35-47/h16-26,32,35,39,41-45,52-53,55-60,63,78-79,82H,15,27-31,33-34,36-38H2,1-14H3,(H,70,80)(H,69,71,72)/t39-,41-,42+,43-,44-,45+,52?,53-,55+,56+,57-,58-,59+,60-,63+,65-,66-,67+/m1/s1. The van der Waals surface area contributed by atoms with Gasteiger partial charge in [0, 0.05) is 105 Å². The molecule has 7 heterocycles. The fourth-order valence-electron chi connectivity index (χ4n) is 13.6. The summed E-state index contributed by atoms with van der Waals surface area (Å²) in [6.07, 6.45) is -2.63. The first kappa shape index (κ1) is 68.6. The molecule has 23 heteroatoms. The van der Waals surface area contributed by atoms with Gasteiger partial charge in [-0.1, -0.05) is 26.8 Å². The van der Waals surface area contributed by atoms with Gasteiger partial charge in [0.1, 0.15) is 29.5 Å². The predicted octanol–water partition coefficient (Wildman–Crippen LogP) is 6.45. The Bertz CT molecular complexity index is 3040. The first-order valence-corrected chi connectivity index (χ1v) is 31.9. The Balaban J connectivity index is 0.887. The van der Waals surface area contributed by atoms with Crippen LogP contribution in [0.4, 0.5) is 23.0 Å². The van der Waals surface area contributed by atoms with Crippen LogP contribution in [-0.2, 0) is 47.5 Å². The van der Waals surface area contributed by atoms with Crippen LogP contribution >= 0.6 is 0 Å². The molecule has 0 aliphatic carbocycles. The number of epoxide rings is 1. The number of amides is 1. The van der Waals surface area contributed by atoms with Crippen LogP contribution in [0.25, 0.3) is 11.3 Å². The maximum absolute atomic E-state index is 14.7. The SMILES string of the molecule is CC[C@H]1OC(=O)[C@H](C)[C@@H](O[C@H]2C[C@@](C)(OC)[C@@H](O)[C@H](C)O2)[C@H](C)[C@@H](O[C@@H]2O[C@H](C)CC(N(C)C)[C@H]2OC(=O)CN2CCN(c3ccc(C(=O)Nc4ccc(C)c(Nc5nccc(-c6cccnc6)n5)c4)cc3)CC2)[C@@]2(CO2)C[C@@H](C)CN(C)[C@H](C)[C@@H](O)[C@]1(C)O. The van der Waals surface area contributed by atoms with Crippen LogP contribution in [0.5, 0.6) is 0 Å². The molecule has 5 N–H and O–H groups in total. The van der Waals surface area contributed by atoms with Crippen LogP contribution in [-0.4, -0.2) is 227 Å². The van der Waals surface area contributed by atoms with E-state index in [-0.39, 0.29) is 43.4 Å². The van der Waals surface area contributed by atoms with Crippen LogP contribution in [0.1, 0.15) is 104 Å². The zero-order valence-electron chi connectivity index (χ0n) is 54.9. The van der Waals surface area contributed by atoms with Crippen molar-refractivity contribution in [1.82, 2.24) is 29.7 Å². The number of aryl methyl sites for hydroxylation is 1. The number of aliphatic hydroxyl groups excluding tert-OH is 2. The number of aromatic nitrogens is 3. The Morgan fingerprint density at radius 1 is 0.900 bits per heavy atom. The van der Waals surface area contributed by atoms with Gasteiger partial charge in [-0.05, 0) is 155 Å². The number of nitrogens with zero attached hydrogens (tertiary/aromatic N) is 7. The average molecular weight is 1250 g/mol. The number of carbonyl (C=O) groups excluding carboxylic acids is 3. The molecule has 2 aromatic heterocycles. The Kier molecular flexibility index (Phi) is 22.1. The molecule has 0 radical (unpaired) electrons. The Morgan fingerprint density at radius 2 is 1.62 bits per heavy atom. The highest BCUT2D eigenvalue weighted by Gasteiger charge is 2.60. The summed E-state index contributed by atoms with van der Waals surface area (Å²) in [7, 11) is 7.32. The molecule has 9 rings (SSSR count). The minimum Gasteiger partial charge on any atom is -0.459 e. The third-order valence-electron chi connectivity index (χ3n) is 19.4. The lowest BCUT2D eigenvalue weighted by Gasteiger charge is -2.48. The van der Waals surface area contributed by atoms with Gasteiger partial charge in [-0.15, -0.1) is 0 Å². The fraction of sp³-hybridized carbons (Fsp3) is 0.642. The number of pyridine rings is 1. The van der Waals surface area contributed by atoms with E-state index in [1.165, 1.54) is 14.0 Å². The zero-order chi connectivity index (χ0) is 65.0. The van der Waals surface area contributed by atoms with E-state index < -0.39 is 102 Å². The molecule has 5 fully saturated rings. The topological polar surface area (TPSA) is 265 Å². The lowest BCUT2D eigenvalue weighted by atomic mass is 9.79. The van der Waals surface area contributed by atoms with E-state index in [1.54, 1.807) is 46.3 Å². The van der Waals surface area contributed by atoms with E-state index in [0.29, 0.717) is 69.4 Å². The second-order valence-electron chi connectivity index (χ2n) is 26.6. The number of cyclic esters (lactones) is 1. The Labute approximate surface area is 530 Å². The number of hydrogen-bond acceptors (Lipinski definition) is 22. The number of likely N-dealkylation sites (N-methyl/N-ethyl adjacent to an activating group) is 2. The highest BCUT2D eigenvalue weighted by atomic mass is 16.7. The molecule has 5 saturated heterocycles. The summed E-state index contributed by atoms with van der Waals surface area (Å²) in [6, 6.07) is 17.9. The Hall–Kier alpha value is -5.80. The van der Waals surface area contributed by atoms with E-state index in [1.807, 2.05) is 119 Å². The lowest BCUT2D eigenvalue weighted by Crippen LogP contribution is -2.60. The summed E-state index contributed by atoms with van der Waals surface area (Å²) >= 11 is 0. The van der Waals surface area contributed by atoms with Gasteiger partial charge >= 0.3 is 11.9 Å². The molecular weight excluding hydrogens is 1150 g/mol. The number of anilines is 4. The summed E-state index contributed by atoms with van der Waals surface area (Å²) < 4.78 is 52.7. The second-order valence-corrected chi connectivity index (χ2v) is 26.6. The molecule has 1 unspecified atom stereocenters. The van der Waals surface area contributed by atoms with Crippen LogP contribution in [0.15, 0.2) is 79.3 Å². The molecule has 18 atom stereocenters. The van der Waals surface area contributed by atoms with Gasteiger partial charge in [-0.3, -0.25) is 24.3 Å². The number of hydrogen-bond donors (Lipinski definition) is 5. The first-order valence-electron chi connectivity index (χ1n) is 31.9. The second kappa shape index (κ2) is 29.0. The van der Waals surface area contributed by atoms with Gasteiger partial charge in [0.15, 0.2) is 18.7 Å². The van der Waals surface area contributed by atoms with Crippen molar-refractivity contribution in [2.24, 2.45) is 17.8 Å². The number of piperazine rings is 1. The number of ether oxygens (including phenoxy) is 8. The monoisotopic (exact) mass is 1250 g/mol. The maximum Gasteiger partial charge on any atom is 0.320 e. The number of rotatable bonds is 16. The van der Waals surface area contributed by atoms with Gasteiger partial charge in [-0.25, -0.2) is 9.97 Å². The van der Waals surface area contributed by atoms with Gasteiger partial charge in [0.2, 0.25) is 5.95 Å². The van der Waals surface area contributed by atoms with E-state index >= 15 is 0 Å². The largest absolute Gasteiger partial charge is 0.459 e. The highest BCUT2D eigenvalue weighted by Crippen LogP contribution is 2.47. The van der Waals surface area contributed by atoms with Gasteiger partial charge in [0.05, 0.1) is 60.8 Å². The van der Waals surface area contributed by atoms with Gasteiger partial charge < -0.3 is 78.5 Å². The van der Waals surface area contributed by atoms with Crippen molar-refractivity contribution < 1.29 is 67.6 Å². The number of aliphatic hydroxyl groups is 3. The molecule has 2 aromatic carbocycles. The van der Waals surface area contributed by atoms with Crippen LogP contribution in [0, 0.1) is 24.7 Å². The molecule has 23 nitrogen and oxygen atoms in total. The fourth-order valence-corrected chi connectivity index (χ4v) is 13.6.